The predicted octanol–water partition coefficient (Wildman–Crippen LogP) is 1.42. The minimum absolute atomic E-state index is 0. The number of carbonyl (C=O) groups excluding carboxylic acids is 2. The van der Waals surface area contributed by atoms with Crippen LogP contribution < -0.4 is 10.6 Å². The number of hydrogen-bond donors (Lipinski definition) is 2. The molecule has 0 aliphatic carbocycles. The van der Waals surface area contributed by atoms with E-state index >= 15 is 0 Å². The van der Waals surface area contributed by atoms with Crippen molar-refractivity contribution in [3.8, 4) is 0 Å². The summed E-state index contributed by atoms with van der Waals surface area (Å²) >= 11 is 0. The van der Waals surface area contributed by atoms with Crippen molar-refractivity contribution in [2.24, 2.45) is 0 Å². The predicted molar refractivity (Wildman–Crippen MR) is 91.6 cm³/mol. The van der Waals surface area contributed by atoms with Crippen LogP contribution in [0.2, 0.25) is 0 Å². The summed E-state index contributed by atoms with van der Waals surface area (Å²) in [6.07, 6.45) is 2.70. The molecule has 0 bridgehead atoms. The van der Waals surface area contributed by atoms with E-state index < -0.39 is 0 Å². The summed E-state index contributed by atoms with van der Waals surface area (Å²) in [6, 6.07) is 8.23. The normalized spacial score (nSPS) is 22.9. The second-order valence-electron chi connectivity index (χ2n) is 6.07. The Morgan fingerprint density at radius 3 is 2.91 bits per heavy atom. The van der Waals surface area contributed by atoms with Gasteiger partial charge in [-0.3, -0.25) is 9.59 Å². The molecule has 2 amide bonds. The average Bonchev–Trinajstić information content (AvgIpc) is 3.02. The van der Waals surface area contributed by atoms with E-state index in [0.717, 1.165) is 25.8 Å². The molecule has 0 spiro atoms. The van der Waals surface area contributed by atoms with Crippen LogP contribution >= 0.6 is 12.4 Å². The highest BCUT2D eigenvalue weighted by Gasteiger charge is 2.32. The van der Waals surface area contributed by atoms with Crippen LogP contribution in [-0.2, 0) is 16.0 Å². The highest BCUT2D eigenvalue weighted by atomic mass is 35.5. The molecule has 0 saturated carbocycles. The van der Waals surface area contributed by atoms with Crippen LogP contribution in [0.3, 0.4) is 0 Å². The molecular weight excluding hydrogens is 314 g/mol. The molecule has 5 nitrogen and oxygen atoms in total. The number of carbonyl (C=O) groups is 2. The van der Waals surface area contributed by atoms with Crippen molar-refractivity contribution in [3.05, 3.63) is 35.4 Å². The number of nitrogens with one attached hydrogen (secondary N) is 2. The molecule has 2 unspecified atom stereocenters. The van der Waals surface area contributed by atoms with Crippen LogP contribution in [0.1, 0.15) is 36.9 Å². The summed E-state index contributed by atoms with van der Waals surface area (Å²) in [5.41, 5.74) is 2.62. The van der Waals surface area contributed by atoms with Gasteiger partial charge in [-0.2, -0.15) is 0 Å². The van der Waals surface area contributed by atoms with Crippen molar-refractivity contribution in [1.82, 2.24) is 15.5 Å². The Morgan fingerprint density at radius 1 is 1.35 bits per heavy atom. The van der Waals surface area contributed by atoms with E-state index in [1.165, 1.54) is 18.1 Å². The van der Waals surface area contributed by atoms with Crippen molar-refractivity contribution in [1.29, 1.82) is 0 Å². The summed E-state index contributed by atoms with van der Waals surface area (Å²) < 4.78 is 0. The first-order chi connectivity index (χ1) is 10.7. The number of benzene rings is 1. The molecule has 6 heteroatoms. The first-order valence-electron chi connectivity index (χ1n) is 8.03. The van der Waals surface area contributed by atoms with Gasteiger partial charge in [0.1, 0.15) is 6.04 Å². The third-order valence-electron chi connectivity index (χ3n) is 4.66. The van der Waals surface area contributed by atoms with E-state index in [4.69, 9.17) is 0 Å². The van der Waals surface area contributed by atoms with Crippen LogP contribution in [-0.4, -0.2) is 42.4 Å². The maximum atomic E-state index is 12.4. The van der Waals surface area contributed by atoms with Gasteiger partial charge in [-0.15, -0.1) is 12.4 Å². The van der Waals surface area contributed by atoms with Gasteiger partial charge in [-0.05, 0) is 36.9 Å². The second kappa shape index (κ2) is 7.79. The molecule has 1 aromatic rings. The van der Waals surface area contributed by atoms with Gasteiger partial charge in [0.2, 0.25) is 11.8 Å². The Balaban J connectivity index is 0.00000192. The van der Waals surface area contributed by atoms with Gasteiger partial charge < -0.3 is 15.5 Å². The SMILES string of the molecule is CC(=O)N1CCCC1C(=O)NCC1NCCc2ccccc21.Cl. The van der Waals surface area contributed by atoms with Crippen LogP contribution in [0.4, 0.5) is 0 Å². The number of rotatable bonds is 3. The highest BCUT2D eigenvalue weighted by molar-refractivity contribution is 5.87. The maximum Gasteiger partial charge on any atom is 0.242 e. The van der Waals surface area contributed by atoms with Crippen molar-refractivity contribution in [2.75, 3.05) is 19.6 Å². The Kier molecular flexibility index (Phi) is 6.02. The number of nitrogens with zero attached hydrogens (tertiary/aromatic N) is 1. The molecule has 2 heterocycles. The van der Waals surface area contributed by atoms with Gasteiger partial charge in [0.25, 0.3) is 0 Å². The number of fused-ring (bicyclic) bond motifs is 1. The zero-order valence-corrected chi connectivity index (χ0v) is 14.2. The van der Waals surface area contributed by atoms with Crippen molar-refractivity contribution < 1.29 is 9.59 Å². The minimum atomic E-state index is -0.295. The van der Waals surface area contributed by atoms with E-state index in [2.05, 4.69) is 28.8 Å². The van der Waals surface area contributed by atoms with Crippen LogP contribution in [0, 0.1) is 0 Å². The third kappa shape index (κ3) is 3.85. The number of hydrogen-bond acceptors (Lipinski definition) is 3. The van der Waals surface area contributed by atoms with E-state index in [-0.39, 0.29) is 36.3 Å². The van der Waals surface area contributed by atoms with Gasteiger partial charge in [0, 0.05) is 26.1 Å². The molecule has 0 radical (unpaired) electrons. The Hall–Kier alpha value is -1.59. The number of amides is 2. The molecule has 3 rings (SSSR count). The standard InChI is InChI=1S/C17H23N3O2.ClH/c1-12(21)20-10-4-7-16(20)17(22)19-11-15-14-6-3-2-5-13(14)8-9-18-15;/h2-3,5-6,15-16,18H,4,7-11H2,1H3,(H,19,22);1H. The fraction of sp³-hybridized carbons (Fsp3) is 0.529. The second-order valence-corrected chi connectivity index (χ2v) is 6.07. The van der Waals surface area contributed by atoms with Gasteiger partial charge in [0.05, 0.1) is 0 Å². The molecule has 0 aromatic heterocycles. The van der Waals surface area contributed by atoms with Crippen LogP contribution in [0.25, 0.3) is 0 Å². The van der Waals surface area contributed by atoms with Crippen LogP contribution in [0.15, 0.2) is 24.3 Å². The van der Waals surface area contributed by atoms with Gasteiger partial charge >= 0.3 is 0 Å². The van der Waals surface area contributed by atoms with Gasteiger partial charge in [0.15, 0.2) is 0 Å². The smallest absolute Gasteiger partial charge is 0.242 e. The zero-order valence-electron chi connectivity index (χ0n) is 13.4. The molecule has 23 heavy (non-hydrogen) atoms. The molecular formula is C17H24ClN3O2. The fourth-order valence-electron chi connectivity index (χ4n) is 3.51. The molecule has 1 fully saturated rings. The Labute approximate surface area is 143 Å². The topological polar surface area (TPSA) is 61.4 Å². The third-order valence-corrected chi connectivity index (χ3v) is 4.66. The zero-order chi connectivity index (χ0) is 15.5. The van der Waals surface area contributed by atoms with E-state index in [0.29, 0.717) is 13.1 Å². The van der Waals surface area contributed by atoms with Gasteiger partial charge in [-0.1, -0.05) is 24.3 Å². The molecule has 2 aliphatic heterocycles. The van der Waals surface area contributed by atoms with E-state index in [9.17, 15) is 9.59 Å². The van der Waals surface area contributed by atoms with Crippen molar-refractivity contribution in [3.63, 3.8) is 0 Å². The van der Waals surface area contributed by atoms with E-state index in [1.54, 1.807) is 4.90 Å². The molecule has 2 aliphatic rings. The fourth-order valence-corrected chi connectivity index (χ4v) is 3.51. The number of halogens is 1. The lowest BCUT2D eigenvalue weighted by Gasteiger charge is -2.28. The summed E-state index contributed by atoms with van der Waals surface area (Å²) in [5, 5.41) is 6.48. The van der Waals surface area contributed by atoms with Crippen LogP contribution in [0.5, 0.6) is 0 Å². The molecule has 1 aromatic carbocycles. The molecule has 1 saturated heterocycles. The monoisotopic (exact) mass is 337 g/mol. The summed E-state index contributed by atoms with van der Waals surface area (Å²) in [5.74, 6) is -0.0451. The number of likely N-dealkylation sites (tertiary alicyclic amines) is 1. The summed E-state index contributed by atoms with van der Waals surface area (Å²) in [7, 11) is 0. The van der Waals surface area contributed by atoms with E-state index in [1.807, 2.05) is 6.07 Å². The Bertz CT molecular complexity index is 579. The summed E-state index contributed by atoms with van der Waals surface area (Å²) in [4.78, 5) is 25.6. The largest absolute Gasteiger partial charge is 0.352 e. The maximum absolute atomic E-state index is 12.4. The summed E-state index contributed by atoms with van der Waals surface area (Å²) in [6.45, 7) is 3.72. The molecule has 126 valence electrons. The first kappa shape index (κ1) is 17.8. The van der Waals surface area contributed by atoms with Gasteiger partial charge in [-0.25, -0.2) is 0 Å². The lowest BCUT2D eigenvalue weighted by molar-refractivity contribution is -0.136. The minimum Gasteiger partial charge on any atom is -0.352 e. The highest BCUT2D eigenvalue weighted by Crippen LogP contribution is 2.22. The molecule has 2 N–H and O–H groups in total. The lowest BCUT2D eigenvalue weighted by Crippen LogP contribution is -2.47. The van der Waals surface area contributed by atoms with Crippen molar-refractivity contribution in [2.45, 2.75) is 38.3 Å². The van der Waals surface area contributed by atoms with Crippen molar-refractivity contribution >= 4 is 24.2 Å². The quantitative estimate of drug-likeness (QED) is 0.877. The lowest BCUT2D eigenvalue weighted by atomic mass is 9.94. The Morgan fingerprint density at radius 2 is 2.13 bits per heavy atom. The average molecular weight is 338 g/mol. The molecule has 2 atom stereocenters. The first-order valence-corrected chi connectivity index (χ1v) is 8.03.